The number of halogens is 3. The molecule has 3 aliphatic rings. The summed E-state index contributed by atoms with van der Waals surface area (Å²) in [4.78, 5) is 49.7. The number of aromatic nitrogens is 4. The average Bonchev–Trinajstić information content (AvgIpc) is 3.77. The quantitative estimate of drug-likeness (QED) is 0.180. The van der Waals surface area contributed by atoms with E-state index in [-0.39, 0.29) is 34.3 Å². The number of benzene rings is 2. The average molecular weight is 757 g/mol. The number of methoxy groups -OCH3 is 1. The van der Waals surface area contributed by atoms with Crippen molar-refractivity contribution in [1.29, 1.82) is 0 Å². The van der Waals surface area contributed by atoms with E-state index in [4.69, 9.17) is 21.3 Å². The van der Waals surface area contributed by atoms with E-state index in [9.17, 15) is 23.2 Å². The molecule has 0 radical (unpaired) electrons. The zero-order valence-corrected chi connectivity index (χ0v) is 31.0. The molecule has 2 atom stereocenters. The maximum atomic E-state index is 14.0. The van der Waals surface area contributed by atoms with E-state index in [0.29, 0.717) is 28.8 Å². The summed E-state index contributed by atoms with van der Waals surface area (Å²) in [5, 5.41) is 9.65. The minimum atomic E-state index is -2.93. The number of carbonyl (C=O) groups is 1. The number of rotatable bonds is 7. The second-order valence-electron chi connectivity index (χ2n) is 14.3. The van der Waals surface area contributed by atoms with Gasteiger partial charge in [0.2, 0.25) is 5.88 Å². The van der Waals surface area contributed by atoms with Gasteiger partial charge in [-0.1, -0.05) is 41.9 Å². The maximum absolute atomic E-state index is 14.0. The van der Waals surface area contributed by atoms with Crippen LogP contribution >= 0.6 is 11.6 Å². The lowest BCUT2D eigenvalue weighted by Crippen LogP contribution is -2.59. The zero-order valence-electron chi connectivity index (χ0n) is 30.2. The van der Waals surface area contributed by atoms with Crippen LogP contribution in [0.4, 0.5) is 25.1 Å². The Bertz CT molecular complexity index is 2490. The Morgan fingerprint density at radius 3 is 2.54 bits per heavy atom. The molecule has 54 heavy (non-hydrogen) atoms. The van der Waals surface area contributed by atoms with E-state index >= 15 is 0 Å². The summed E-state index contributed by atoms with van der Waals surface area (Å²) in [6.07, 6.45) is 0.612. The number of alkyl halides is 2. The molecule has 2 aromatic carbocycles. The Hall–Kier alpha value is -5.34. The summed E-state index contributed by atoms with van der Waals surface area (Å²) < 4.78 is 36.0. The number of amides is 2. The van der Waals surface area contributed by atoms with Crippen molar-refractivity contribution in [2.45, 2.75) is 50.6 Å². The van der Waals surface area contributed by atoms with Gasteiger partial charge in [-0.3, -0.25) is 18.8 Å². The Morgan fingerprint density at radius 2 is 1.78 bits per heavy atom. The van der Waals surface area contributed by atoms with Gasteiger partial charge in [-0.2, -0.15) is 0 Å². The van der Waals surface area contributed by atoms with Gasteiger partial charge in [0.15, 0.2) is 0 Å². The largest absolute Gasteiger partial charge is 0.481 e. The fourth-order valence-corrected chi connectivity index (χ4v) is 8.74. The van der Waals surface area contributed by atoms with Crippen molar-refractivity contribution in [3.63, 3.8) is 0 Å². The van der Waals surface area contributed by atoms with Crippen molar-refractivity contribution >= 4 is 40.0 Å². The van der Waals surface area contributed by atoms with Gasteiger partial charge in [-0.05, 0) is 67.5 Å². The maximum Gasteiger partial charge on any atom is 0.330 e. The molecule has 8 rings (SSSR count). The topological polar surface area (TPSA) is 135 Å². The molecule has 2 aliphatic heterocycles. The predicted octanol–water partition coefficient (Wildman–Crippen LogP) is 6.15. The molecule has 5 aromatic rings. The summed E-state index contributed by atoms with van der Waals surface area (Å²) in [6, 6.07) is 14.4. The smallest absolute Gasteiger partial charge is 0.330 e. The highest BCUT2D eigenvalue weighted by Crippen LogP contribution is 2.46. The van der Waals surface area contributed by atoms with Crippen LogP contribution in [0.25, 0.3) is 33.3 Å². The number of fused-ring (bicyclic) bond motifs is 2. The van der Waals surface area contributed by atoms with Crippen LogP contribution < -0.4 is 31.9 Å². The number of pyridine rings is 2. The molecule has 3 aromatic heterocycles. The normalized spacial score (nSPS) is 19.7. The predicted molar refractivity (Wildman–Crippen MR) is 203 cm³/mol. The molecule has 3 N–H and O–H groups in total. The van der Waals surface area contributed by atoms with Gasteiger partial charge in [0.1, 0.15) is 16.9 Å². The molecule has 12 nitrogen and oxygen atoms in total. The van der Waals surface area contributed by atoms with E-state index in [1.807, 2.05) is 31.2 Å². The third-order valence-electron chi connectivity index (χ3n) is 11.3. The monoisotopic (exact) mass is 756 g/mol. The second kappa shape index (κ2) is 13.5. The SMILES string of the molecule is COc1nc(-c2cccc(-c3cccc(Nc4nc(C(F)F)cc5c4c(=O)n(C)c(=O)n5C)c3C)c2Cl)cc2c1C(N1CCC3(CCNC(=O)N3)C1)CC2. The van der Waals surface area contributed by atoms with Crippen molar-refractivity contribution < 1.29 is 18.3 Å². The number of aryl methyl sites for hydroxylation is 2. The molecule has 2 amide bonds. The number of nitrogens with one attached hydrogen (secondary N) is 3. The van der Waals surface area contributed by atoms with Crippen LogP contribution in [0.5, 0.6) is 5.88 Å². The summed E-state index contributed by atoms with van der Waals surface area (Å²) in [5.41, 5.74) is 4.31. The molecule has 280 valence electrons. The molecular formula is C39H39ClF2N8O4. The number of carbonyl (C=O) groups excluding carboxylic acids is 1. The fourth-order valence-electron chi connectivity index (χ4n) is 8.42. The first-order valence-electron chi connectivity index (χ1n) is 17.8. The molecule has 5 heterocycles. The minimum absolute atomic E-state index is 0.00925. The molecule has 0 bridgehead atoms. The summed E-state index contributed by atoms with van der Waals surface area (Å²) in [6.45, 7) is 4.18. The molecule has 1 spiro atoms. The highest BCUT2D eigenvalue weighted by molar-refractivity contribution is 6.36. The van der Waals surface area contributed by atoms with Gasteiger partial charge < -0.3 is 20.7 Å². The molecule has 2 saturated heterocycles. The van der Waals surface area contributed by atoms with Gasteiger partial charge in [-0.25, -0.2) is 28.3 Å². The van der Waals surface area contributed by atoms with Crippen LogP contribution in [0.3, 0.4) is 0 Å². The molecule has 0 saturated carbocycles. The number of nitrogens with zero attached hydrogens (tertiary/aromatic N) is 5. The van der Waals surface area contributed by atoms with Crippen molar-refractivity contribution in [3.8, 4) is 28.3 Å². The first kappa shape index (κ1) is 35.7. The number of likely N-dealkylation sites (tertiary alicyclic amines) is 1. The number of anilines is 2. The first-order valence-corrected chi connectivity index (χ1v) is 18.2. The highest BCUT2D eigenvalue weighted by atomic mass is 35.5. The third kappa shape index (κ3) is 5.88. The van der Waals surface area contributed by atoms with Crippen molar-refractivity contribution in [2.24, 2.45) is 14.1 Å². The number of hydrogen-bond acceptors (Lipinski definition) is 8. The van der Waals surface area contributed by atoms with Crippen molar-refractivity contribution in [1.82, 2.24) is 34.6 Å². The van der Waals surface area contributed by atoms with E-state index < -0.39 is 23.4 Å². The number of hydrogen-bond donors (Lipinski definition) is 3. The second-order valence-corrected chi connectivity index (χ2v) is 14.7. The van der Waals surface area contributed by atoms with Crippen LogP contribution in [-0.2, 0) is 20.5 Å². The van der Waals surface area contributed by atoms with Gasteiger partial charge in [0.05, 0.1) is 28.9 Å². The van der Waals surface area contributed by atoms with E-state index in [1.54, 1.807) is 19.2 Å². The number of urea groups is 1. The molecule has 2 unspecified atom stereocenters. The third-order valence-corrected chi connectivity index (χ3v) is 11.7. The fraction of sp³-hybridized carbons (Fsp3) is 0.359. The van der Waals surface area contributed by atoms with Gasteiger partial charge in [0.25, 0.3) is 12.0 Å². The van der Waals surface area contributed by atoms with Gasteiger partial charge in [-0.15, -0.1) is 0 Å². The lowest BCUT2D eigenvalue weighted by molar-refractivity contribution is 0.146. The van der Waals surface area contributed by atoms with Crippen LogP contribution in [0.1, 0.15) is 54.1 Å². The number of ether oxygens (including phenoxy) is 1. The Balaban J connectivity index is 1.14. The van der Waals surface area contributed by atoms with E-state index in [2.05, 4.69) is 31.9 Å². The zero-order chi connectivity index (χ0) is 38.1. The van der Waals surface area contributed by atoms with Crippen LogP contribution in [-0.4, -0.2) is 62.3 Å². The lowest BCUT2D eigenvalue weighted by Gasteiger charge is -2.36. The Kier molecular flexibility index (Phi) is 8.92. The molecule has 15 heteroatoms. The highest BCUT2D eigenvalue weighted by Gasteiger charge is 2.45. The summed E-state index contributed by atoms with van der Waals surface area (Å²) in [7, 11) is 4.39. The van der Waals surface area contributed by atoms with E-state index in [0.717, 1.165) is 87.4 Å². The van der Waals surface area contributed by atoms with Crippen LogP contribution in [0.15, 0.2) is 58.1 Å². The standard InChI is InChI=1S/C39H39ClF2N8O4/c1-20-22(7-6-10-25(20)44-34-31-29(18-27(45-34)33(41)42)48(2)38(53)49(3)36(31)51)23-8-5-9-24(32(23)40)26-17-21-11-12-28(30(21)35(46-26)54-4)50-16-14-39(19-50)13-15-43-37(52)47-39/h5-10,17-18,28,33H,11-16,19H2,1-4H3,(H,44,45)(H2,43,47,52). The Morgan fingerprint density at radius 1 is 1.02 bits per heavy atom. The first-order chi connectivity index (χ1) is 25.9. The van der Waals surface area contributed by atoms with Gasteiger partial charge >= 0.3 is 11.7 Å². The van der Waals surface area contributed by atoms with Crippen LogP contribution in [0, 0.1) is 6.92 Å². The lowest BCUT2D eigenvalue weighted by atomic mass is 9.93. The van der Waals surface area contributed by atoms with Crippen molar-refractivity contribution in [3.05, 3.63) is 96.8 Å². The van der Waals surface area contributed by atoms with Crippen LogP contribution in [0.2, 0.25) is 5.02 Å². The van der Waals surface area contributed by atoms with Crippen molar-refractivity contribution in [2.75, 3.05) is 32.1 Å². The molecule has 1 aliphatic carbocycles. The molecular weight excluding hydrogens is 718 g/mol. The van der Waals surface area contributed by atoms with E-state index in [1.165, 1.54) is 14.1 Å². The molecule has 2 fully saturated rings. The Labute approximate surface area is 314 Å². The summed E-state index contributed by atoms with van der Waals surface area (Å²) >= 11 is 7.22. The van der Waals surface area contributed by atoms with Gasteiger partial charge in [0, 0.05) is 62.1 Å². The summed E-state index contributed by atoms with van der Waals surface area (Å²) in [5.74, 6) is 0.468. The minimum Gasteiger partial charge on any atom is -0.481 e.